The van der Waals surface area contributed by atoms with Crippen molar-refractivity contribution in [3.05, 3.63) is 23.8 Å². The van der Waals surface area contributed by atoms with Crippen LogP contribution < -0.4 is 22.0 Å². The third kappa shape index (κ3) is 5.14. The molecule has 1 aromatic carbocycles. The second-order valence-electron chi connectivity index (χ2n) is 2.94. The van der Waals surface area contributed by atoms with Gasteiger partial charge in [-0.1, -0.05) is 11.8 Å². The predicted molar refractivity (Wildman–Crippen MR) is 58.0 cm³/mol. The van der Waals surface area contributed by atoms with E-state index < -0.39 is 32.3 Å². The lowest BCUT2D eigenvalue weighted by molar-refractivity contribution is -0.268. The van der Waals surface area contributed by atoms with Crippen molar-refractivity contribution in [2.45, 2.75) is 4.90 Å². The molecule has 0 saturated heterocycles. The largest absolute Gasteiger partial charge is 0.872 e. The summed E-state index contributed by atoms with van der Waals surface area (Å²) in [6.07, 6.45) is 0. The van der Waals surface area contributed by atoms with Crippen molar-refractivity contribution in [3.63, 3.8) is 0 Å². The summed E-state index contributed by atoms with van der Waals surface area (Å²) in [4.78, 5) is 9.81. The second kappa shape index (κ2) is 5.84. The van der Waals surface area contributed by atoms with E-state index in [1.807, 2.05) is 0 Å². The standard InChI is InChI=1S/C7H6O6S.CH5N3/c8-6-2-1-4(14(11,12)13)3-5(6)7(9)10;2-1(3)4/h1-3,8H,(H,9,10)(H,11,12,13);(H5,2,3,4). The molecule has 1 aromatic rings. The maximum absolute atomic E-state index is 10.9. The molecule has 0 radical (unpaired) electrons. The highest BCUT2D eigenvalue weighted by molar-refractivity contribution is 7.85. The molecule has 10 heteroatoms. The topological polar surface area (TPSA) is 192 Å². The van der Waals surface area contributed by atoms with Gasteiger partial charge in [0.15, 0.2) is 0 Å². The van der Waals surface area contributed by atoms with E-state index in [0.717, 1.165) is 12.1 Å². The van der Waals surface area contributed by atoms with Gasteiger partial charge in [0.05, 0.1) is 10.5 Å². The molecule has 0 heterocycles. The number of carbonyl (C=O) groups is 1. The number of guanidine groups is 1. The van der Waals surface area contributed by atoms with Crippen molar-refractivity contribution >= 4 is 22.0 Å². The summed E-state index contributed by atoms with van der Waals surface area (Å²) in [5, 5.41) is 23.9. The van der Waals surface area contributed by atoms with Gasteiger partial charge in [-0.15, -0.1) is 0 Å². The Bertz CT molecular complexity index is 564. The number of rotatable bonds is 2. The van der Waals surface area contributed by atoms with Crippen LogP contribution in [0.5, 0.6) is 5.75 Å². The fourth-order valence-electron chi connectivity index (χ4n) is 0.837. The van der Waals surface area contributed by atoms with E-state index in [4.69, 9.17) is 9.66 Å². The van der Waals surface area contributed by atoms with Gasteiger partial charge in [0.1, 0.15) is 0 Å². The Balaban J connectivity index is 0.000000631. The monoisotopic (exact) mass is 277 g/mol. The molecule has 0 fully saturated rings. The van der Waals surface area contributed by atoms with Crippen LogP contribution >= 0.6 is 0 Å². The molecule has 0 atom stereocenters. The quantitative estimate of drug-likeness (QED) is 0.211. The molecule has 9 nitrogen and oxygen atoms in total. The van der Waals surface area contributed by atoms with Crippen molar-refractivity contribution in [1.29, 1.82) is 0 Å². The van der Waals surface area contributed by atoms with Crippen LogP contribution in [0.4, 0.5) is 0 Å². The van der Waals surface area contributed by atoms with Crippen LogP contribution in [-0.4, -0.2) is 30.0 Å². The van der Waals surface area contributed by atoms with E-state index in [2.05, 4.69) is 16.9 Å². The first-order valence-electron chi connectivity index (χ1n) is 4.21. The summed E-state index contributed by atoms with van der Waals surface area (Å²) < 4.78 is 29.7. The van der Waals surface area contributed by atoms with Crippen molar-refractivity contribution in [2.75, 3.05) is 0 Å². The Morgan fingerprint density at radius 1 is 1.33 bits per heavy atom. The van der Waals surface area contributed by atoms with Crippen LogP contribution in [0.15, 0.2) is 23.1 Å². The summed E-state index contributed by atoms with van der Waals surface area (Å²) in [5.74, 6) is -2.44. The molecule has 0 aliphatic carbocycles. The Kier molecular flexibility index (Phi) is 5.08. The number of nitrogens with two attached hydrogens (primary N) is 3. The smallest absolute Gasteiger partial charge is 0.336 e. The fraction of sp³-hybridized carbons (Fsp3) is 0. The van der Waals surface area contributed by atoms with Crippen LogP contribution in [0.1, 0.15) is 10.4 Å². The number of benzene rings is 1. The second-order valence-corrected chi connectivity index (χ2v) is 4.36. The van der Waals surface area contributed by atoms with Crippen molar-refractivity contribution in [3.8, 4) is 5.75 Å². The van der Waals surface area contributed by atoms with Gasteiger partial charge in [0.2, 0.25) is 0 Å². The van der Waals surface area contributed by atoms with Crippen molar-refractivity contribution < 1.29 is 33.4 Å². The highest BCUT2D eigenvalue weighted by atomic mass is 32.2. The van der Waals surface area contributed by atoms with Crippen LogP contribution in [0, 0.1) is 0 Å². The number of carboxylic acids is 1. The summed E-state index contributed by atoms with van der Waals surface area (Å²) >= 11 is 0. The van der Waals surface area contributed by atoms with Gasteiger partial charge in [0, 0.05) is 0 Å². The third-order valence-electron chi connectivity index (χ3n) is 1.48. The third-order valence-corrected chi connectivity index (χ3v) is 2.33. The number of carboxylic acid groups (broad SMARTS) is 1. The average molecular weight is 277 g/mol. The van der Waals surface area contributed by atoms with Gasteiger partial charge in [-0.25, -0.2) is 4.79 Å². The zero-order chi connectivity index (χ0) is 14.5. The first-order valence-corrected chi connectivity index (χ1v) is 5.65. The lowest BCUT2D eigenvalue weighted by Crippen LogP contribution is -2.51. The molecule has 0 aliphatic heterocycles. The molecular formula is C8H11N3O6S. The average Bonchev–Trinajstić information content (AvgIpc) is 2.14. The zero-order valence-corrected chi connectivity index (χ0v) is 9.72. The van der Waals surface area contributed by atoms with Gasteiger partial charge < -0.3 is 10.2 Å². The highest BCUT2D eigenvalue weighted by Crippen LogP contribution is 2.18. The maximum Gasteiger partial charge on any atom is 0.336 e. The number of hydrogen-bond donors (Lipinski definition) is 5. The molecule has 0 amide bonds. The van der Waals surface area contributed by atoms with Crippen LogP contribution in [0.2, 0.25) is 0 Å². The SMILES string of the molecule is NC(N)=[NH2+].O=C(O)c1cc(S(=O)(=O)O)ccc1[O-]. The van der Waals surface area contributed by atoms with E-state index in [0.29, 0.717) is 6.07 Å². The van der Waals surface area contributed by atoms with Crippen LogP contribution in [0.25, 0.3) is 0 Å². The Hall–Kier alpha value is -2.33. The zero-order valence-electron chi connectivity index (χ0n) is 8.90. The summed E-state index contributed by atoms with van der Waals surface area (Å²) in [7, 11) is -4.48. The maximum atomic E-state index is 10.9. The number of aromatic carboxylic acids is 1. The minimum Gasteiger partial charge on any atom is -0.872 e. The molecule has 0 aliphatic rings. The Morgan fingerprint density at radius 2 is 1.78 bits per heavy atom. The van der Waals surface area contributed by atoms with Crippen molar-refractivity contribution in [2.24, 2.45) is 11.5 Å². The normalized spacial score (nSPS) is 10.1. The molecule has 8 N–H and O–H groups in total. The van der Waals surface area contributed by atoms with Gasteiger partial charge in [-0.3, -0.25) is 21.4 Å². The molecule has 0 bridgehead atoms. The fourth-order valence-corrected chi connectivity index (χ4v) is 1.34. The summed E-state index contributed by atoms with van der Waals surface area (Å²) in [6.45, 7) is 0. The van der Waals surface area contributed by atoms with Crippen molar-refractivity contribution in [1.82, 2.24) is 0 Å². The Morgan fingerprint density at radius 3 is 2.11 bits per heavy atom. The van der Waals surface area contributed by atoms with Crippen LogP contribution in [-0.2, 0) is 10.1 Å². The molecule has 0 spiro atoms. The van der Waals surface area contributed by atoms with Gasteiger partial charge >= 0.3 is 11.9 Å². The van der Waals surface area contributed by atoms with E-state index >= 15 is 0 Å². The highest BCUT2D eigenvalue weighted by Gasteiger charge is 2.12. The van der Waals surface area contributed by atoms with Gasteiger partial charge in [-0.05, 0) is 12.1 Å². The minimum atomic E-state index is -4.48. The molecule has 1 rings (SSSR count). The molecule has 18 heavy (non-hydrogen) atoms. The van der Waals surface area contributed by atoms with E-state index in [-0.39, 0.29) is 5.96 Å². The first-order chi connectivity index (χ1) is 8.05. The van der Waals surface area contributed by atoms with E-state index in [9.17, 15) is 18.3 Å². The van der Waals surface area contributed by atoms with Gasteiger partial charge in [-0.2, -0.15) is 8.42 Å². The lowest BCUT2D eigenvalue weighted by Gasteiger charge is -2.09. The van der Waals surface area contributed by atoms with E-state index in [1.165, 1.54) is 0 Å². The summed E-state index contributed by atoms with van der Waals surface area (Å²) in [5.41, 5.74) is 8.47. The summed E-state index contributed by atoms with van der Waals surface area (Å²) in [6, 6.07) is 2.22. The van der Waals surface area contributed by atoms with Crippen LogP contribution in [0.3, 0.4) is 0 Å². The Labute approximate surface area is 102 Å². The molecule has 0 unspecified atom stereocenters. The molecule has 0 saturated carbocycles. The minimum absolute atomic E-state index is 0.0833. The lowest BCUT2D eigenvalue weighted by atomic mass is 10.2. The molecular weight excluding hydrogens is 266 g/mol. The molecule has 0 aromatic heterocycles. The number of hydrogen-bond acceptors (Lipinski definition) is 4. The first kappa shape index (κ1) is 15.7. The van der Waals surface area contributed by atoms with Gasteiger partial charge in [0.25, 0.3) is 10.1 Å². The predicted octanol–water partition coefficient (Wildman–Crippen LogP) is -3.28. The molecule has 100 valence electrons. The van der Waals surface area contributed by atoms with E-state index in [1.54, 1.807) is 0 Å².